The molecule has 0 spiro atoms. The molecule has 0 saturated heterocycles. The van der Waals surface area contributed by atoms with Crippen LogP contribution in [0.1, 0.15) is 59.2 Å². The van der Waals surface area contributed by atoms with Crippen LogP contribution in [0.2, 0.25) is 0 Å². The fraction of sp³-hybridized carbons (Fsp3) is 0.824. The van der Waals surface area contributed by atoms with Crippen molar-refractivity contribution >= 4 is 11.3 Å². The molecule has 1 aromatic rings. The minimum Gasteiger partial charge on any atom is -0.306 e. The second-order valence-corrected chi connectivity index (χ2v) is 8.76. The summed E-state index contributed by atoms with van der Waals surface area (Å²) >= 11 is 1.77. The molecule has 1 heterocycles. The van der Waals surface area contributed by atoms with Gasteiger partial charge in [-0.1, -0.05) is 27.7 Å². The maximum Gasteiger partial charge on any atom is 0.107 e. The summed E-state index contributed by atoms with van der Waals surface area (Å²) in [5, 5.41) is 6.91. The van der Waals surface area contributed by atoms with Gasteiger partial charge in [0.2, 0.25) is 0 Å². The van der Waals surface area contributed by atoms with E-state index in [4.69, 9.17) is 4.98 Å². The Balaban J connectivity index is 2.57. The molecule has 0 bridgehead atoms. The topological polar surface area (TPSA) is 28.2 Å². The molecular formula is C17H33N3S. The maximum absolute atomic E-state index is 4.78. The summed E-state index contributed by atoms with van der Waals surface area (Å²) < 4.78 is 0. The van der Waals surface area contributed by atoms with E-state index in [9.17, 15) is 0 Å². The van der Waals surface area contributed by atoms with Gasteiger partial charge in [0, 0.05) is 37.1 Å². The van der Waals surface area contributed by atoms with Gasteiger partial charge >= 0.3 is 0 Å². The SMILES string of the molecule is CC(C)CN(Cc1csc(CNC(C)(C)C)n1)CC(C)C. The molecule has 0 unspecified atom stereocenters. The fourth-order valence-corrected chi connectivity index (χ4v) is 3.03. The maximum atomic E-state index is 4.78. The van der Waals surface area contributed by atoms with Crippen LogP contribution in [-0.4, -0.2) is 28.5 Å². The van der Waals surface area contributed by atoms with Gasteiger partial charge in [0.05, 0.1) is 5.69 Å². The molecule has 0 radical (unpaired) electrons. The first-order valence-corrected chi connectivity index (χ1v) is 8.94. The normalized spacial score (nSPS) is 12.9. The predicted octanol–water partition coefficient (Wildman–Crippen LogP) is 4.15. The van der Waals surface area contributed by atoms with Gasteiger partial charge < -0.3 is 5.32 Å². The highest BCUT2D eigenvalue weighted by atomic mass is 32.1. The van der Waals surface area contributed by atoms with E-state index in [0.29, 0.717) is 11.8 Å². The van der Waals surface area contributed by atoms with E-state index in [1.165, 1.54) is 10.7 Å². The van der Waals surface area contributed by atoms with Crippen LogP contribution < -0.4 is 5.32 Å². The van der Waals surface area contributed by atoms with Crippen molar-refractivity contribution in [2.75, 3.05) is 13.1 Å². The number of thiazole rings is 1. The van der Waals surface area contributed by atoms with Crippen LogP contribution in [-0.2, 0) is 13.1 Å². The van der Waals surface area contributed by atoms with Crippen molar-refractivity contribution in [2.45, 2.75) is 67.1 Å². The van der Waals surface area contributed by atoms with Crippen molar-refractivity contribution in [3.05, 3.63) is 16.1 Å². The third-order valence-electron chi connectivity index (χ3n) is 3.00. The Morgan fingerprint density at radius 3 is 2.19 bits per heavy atom. The van der Waals surface area contributed by atoms with Gasteiger partial charge in [0.1, 0.15) is 5.01 Å². The number of hydrogen-bond donors (Lipinski definition) is 1. The molecule has 0 aliphatic rings. The molecule has 1 N–H and O–H groups in total. The Bertz CT molecular complexity index is 394. The molecular weight excluding hydrogens is 278 g/mol. The van der Waals surface area contributed by atoms with E-state index in [-0.39, 0.29) is 5.54 Å². The Morgan fingerprint density at radius 1 is 1.14 bits per heavy atom. The number of hydrogen-bond acceptors (Lipinski definition) is 4. The third kappa shape index (κ3) is 8.54. The van der Waals surface area contributed by atoms with Gasteiger partial charge in [-0.15, -0.1) is 11.3 Å². The molecule has 0 aliphatic heterocycles. The van der Waals surface area contributed by atoms with Crippen molar-refractivity contribution in [3.8, 4) is 0 Å². The van der Waals surface area contributed by atoms with Crippen LogP contribution in [0, 0.1) is 11.8 Å². The van der Waals surface area contributed by atoms with E-state index in [1.54, 1.807) is 11.3 Å². The quantitative estimate of drug-likeness (QED) is 0.782. The van der Waals surface area contributed by atoms with Gasteiger partial charge in [0.15, 0.2) is 0 Å². The number of nitrogens with one attached hydrogen (secondary N) is 1. The fourth-order valence-electron chi connectivity index (χ4n) is 2.31. The monoisotopic (exact) mass is 311 g/mol. The van der Waals surface area contributed by atoms with Crippen molar-refractivity contribution in [2.24, 2.45) is 11.8 Å². The van der Waals surface area contributed by atoms with Gasteiger partial charge in [0.25, 0.3) is 0 Å². The molecule has 0 amide bonds. The molecule has 1 aromatic heterocycles. The highest BCUT2D eigenvalue weighted by Gasteiger charge is 2.13. The van der Waals surface area contributed by atoms with E-state index >= 15 is 0 Å². The second-order valence-electron chi connectivity index (χ2n) is 7.82. The van der Waals surface area contributed by atoms with Gasteiger partial charge in [-0.05, 0) is 32.6 Å². The standard InChI is InChI=1S/C17H33N3S/c1-13(2)9-20(10-14(3)4)11-15-12-21-16(19-15)8-18-17(5,6)7/h12-14,18H,8-11H2,1-7H3. The molecule has 21 heavy (non-hydrogen) atoms. The summed E-state index contributed by atoms with van der Waals surface area (Å²) in [6.45, 7) is 19.8. The molecule has 3 nitrogen and oxygen atoms in total. The molecule has 0 atom stereocenters. The lowest BCUT2D eigenvalue weighted by atomic mass is 10.1. The van der Waals surface area contributed by atoms with Crippen molar-refractivity contribution in [3.63, 3.8) is 0 Å². The highest BCUT2D eigenvalue weighted by Crippen LogP contribution is 2.15. The highest BCUT2D eigenvalue weighted by molar-refractivity contribution is 7.09. The summed E-state index contributed by atoms with van der Waals surface area (Å²) in [5.41, 5.74) is 1.36. The summed E-state index contributed by atoms with van der Waals surface area (Å²) in [5.74, 6) is 1.40. The molecule has 0 aliphatic carbocycles. The molecule has 0 saturated carbocycles. The smallest absolute Gasteiger partial charge is 0.107 e. The molecule has 1 rings (SSSR count). The van der Waals surface area contributed by atoms with Crippen LogP contribution >= 0.6 is 11.3 Å². The molecule has 122 valence electrons. The van der Waals surface area contributed by atoms with Crippen molar-refractivity contribution in [1.29, 1.82) is 0 Å². The van der Waals surface area contributed by atoms with Gasteiger partial charge in [-0.3, -0.25) is 4.90 Å². The van der Waals surface area contributed by atoms with Gasteiger partial charge in [-0.25, -0.2) is 4.98 Å². The third-order valence-corrected chi connectivity index (χ3v) is 3.90. The van der Waals surface area contributed by atoms with E-state index < -0.39 is 0 Å². The van der Waals surface area contributed by atoms with Crippen LogP contribution in [0.15, 0.2) is 5.38 Å². The minimum absolute atomic E-state index is 0.146. The molecule has 4 heteroatoms. The van der Waals surface area contributed by atoms with E-state index in [0.717, 1.165) is 26.2 Å². The predicted molar refractivity (Wildman–Crippen MR) is 93.7 cm³/mol. The first kappa shape index (κ1) is 18.6. The summed E-state index contributed by atoms with van der Waals surface area (Å²) in [6, 6.07) is 0. The van der Waals surface area contributed by atoms with Gasteiger partial charge in [-0.2, -0.15) is 0 Å². The van der Waals surface area contributed by atoms with E-state index in [2.05, 4.69) is 64.1 Å². The minimum atomic E-state index is 0.146. The van der Waals surface area contributed by atoms with Crippen molar-refractivity contribution in [1.82, 2.24) is 15.2 Å². The Morgan fingerprint density at radius 2 is 1.71 bits per heavy atom. The van der Waals surface area contributed by atoms with Crippen LogP contribution in [0.5, 0.6) is 0 Å². The Hall–Kier alpha value is -0.450. The number of aromatic nitrogens is 1. The van der Waals surface area contributed by atoms with Crippen LogP contribution in [0.3, 0.4) is 0 Å². The number of rotatable bonds is 8. The molecule has 0 aromatic carbocycles. The lowest BCUT2D eigenvalue weighted by Crippen LogP contribution is -2.35. The zero-order chi connectivity index (χ0) is 16.0. The lowest BCUT2D eigenvalue weighted by molar-refractivity contribution is 0.209. The van der Waals surface area contributed by atoms with Crippen LogP contribution in [0.4, 0.5) is 0 Å². The second kappa shape index (κ2) is 8.25. The summed E-state index contributed by atoms with van der Waals surface area (Å²) in [7, 11) is 0. The Labute approximate surface area is 135 Å². The largest absolute Gasteiger partial charge is 0.306 e. The van der Waals surface area contributed by atoms with E-state index in [1.807, 2.05) is 0 Å². The average molecular weight is 312 g/mol. The van der Waals surface area contributed by atoms with Crippen LogP contribution in [0.25, 0.3) is 0 Å². The number of nitrogens with zero attached hydrogens (tertiary/aromatic N) is 2. The zero-order valence-electron chi connectivity index (χ0n) is 14.9. The molecule has 0 fully saturated rings. The summed E-state index contributed by atoms with van der Waals surface area (Å²) in [4.78, 5) is 7.32. The first-order valence-electron chi connectivity index (χ1n) is 8.06. The first-order chi connectivity index (χ1) is 9.65. The lowest BCUT2D eigenvalue weighted by Gasteiger charge is -2.25. The zero-order valence-corrected chi connectivity index (χ0v) is 15.7. The van der Waals surface area contributed by atoms with Crippen molar-refractivity contribution < 1.29 is 0 Å². The summed E-state index contributed by atoms with van der Waals surface area (Å²) in [6.07, 6.45) is 0. The average Bonchev–Trinajstić information content (AvgIpc) is 2.71. The Kier molecular flexibility index (Phi) is 7.31.